The number of hydrogen-bond acceptors (Lipinski definition) is 0. The van der Waals surface area contributed by atoms with Gasteiger partial charge in [0.05, 0.1) is 6.42 Å². The summed E-state index contributed by atoms with van der Waals surface area (Å²) in [7, 11) is 0. The Kier molecular flexibility index (Phi) is 3.77. The molecule has 0 unspecified atom stereocenters. The van der Waals surface area contributed by atoms with E-state index < -0.39 is 12.6 Å². The summed E-state index contributed by atoms with van der Waals surface area (Å²) in [4.78, 5) is 0. The highest BCUT2D eigenvalue weighted by Gasteiger charge is 2.28. The van der Waals surface area contributed by atoms with Gasteiger partial charge in [0, 0.05) is 0 Å². The average Bonchev–Trinajstić information content (AvgIpc) is 2.16. The molecule has 0 saturated carbocycles. The molecule has 0 aliphatic heterocycles. The normalized spacial score (nSPS) is 11.8. The Morgan fingerprint density at radius 2 is 1.67 bits per heavy atom. The lowest BCUT2D eigenvalue weighted by molar-refractivity contribution is -0.127. The first-order valence-electron chi connectivity index (χ1n) is 5.13. The van der Waals surface area contributed by atoms with Crippen LogP contribution in [0.15, 0.2) is 18.2 Å². The summed E-state index contributed by atoms with van der Waals surface area (Å²) in [6.07, 6.45) is -3.42. The SMILES string of the molecule is CCc1ccc(CC(F)(F)F)c(CC)c1. The lowest BCUT2D eigenvalue weighted by Crippen LogP contribution is -2.13. The summed E-state index contributed by atoms with van der Waals surface area (Å²) >= 11 is 0. The van der Waals surface area contributed by atoms with Gasteiger partial charge in [-0.15, -0.1) is 0 Å². The lowest BCUT2D eigenvalue weighted by atomic mass is 9.98. The van der Waals surface area contributed by atoms with Crippen molar-refractivity contribution >= 4 is 0 Å². The van der Waals surface area contributed by atoms with Crippen molar-refractivity contribution in [1.29, 1.82) is 0 Å². The summed E-state index contributed by atoms with van der Waals surface area (Å²) in [5.41, 5.74) is 2.31. The van der Waals surface area contributed by atoms with Gasteiger partial charge < -0.3 is 0 Å². The Labute approximate surface area is 88.1 Å². The van der Waals surface area contributed by atoms with Crippen molar-refractivity contribution in [3.05, 3.63) is 34.9 Å². The monoisotopic (exact) mass is 216 g/mol. The van der Waals surface area contributed by atoms with Gasteiger partial charge in [-0.1, -0.05) is 32.0 Å². The third-order valence-corrected chi connectivity index (χ3v) is 2.45. The van der Waals surface area contributed by atoms with Crippen LogP contribution in [-0.4, -0.2) is 6.18 Å². The van der Waals surface area contributed by atoms with Crippen LogP contribution >= 0.6 is 0 Å². The molecule has 1 aromatic rings. The van der Waals surface area contributed by atoms with E-state index in [1.54, 1.807) is 12.1 Å². The number of benzene rings is 1. The van der Waals surface area contributed by atoms with Gasteiger partial charge in [-0.05, 0) is 29.5 Å². The smallest absolute Gasteiger partial charge is 0.171 e. The zero-order valence-electron chi connectivity index (χ0n) is 8.99. The van der Waals surface area contributed by atoms with Crippen LogP contribution in [0.2, 0.25) is 0 Å². The van der Waals surface area contributed by atoms with Crippen molar-refractivity contribution in [3.8, 4) is 0 Å². The van der Waals surface area contributed by atoms with Crippen molar-refractivity contribution in [3.63, 3.8) is 0 Å². The van der Waals surface area contributed by atoms with Crippen LogP contribution in [0.4, 0.5) is 13.2 Å². The fourth-order valence-corrected chi connectivity index (χ4v) is 1.62. The molecule has 0 amide bonds. The minimum atomic E-state index is -4.11. The van der Waals surface area contributed by atoms with Gasteiger partial charge in [0.25, 0.3) is 0 Å². The molecule has 0 saturated heterocycles. The first-order chi connectivity index (χ1) is 6.96. The van der Waals surface area contributed by atoms with Gasteiger partial charge in [-0.2, -0.15) is 13.2 Å². The molecule has 0 spiro atoms. The van der Waals surface area contributed by atoms with Crippen LogP contribution < -0.4 is 0 Å². The predicted molar refractivity (Wildman–Crippen MR) is 55.0 cm³/mol. The largest absolute Gasteiger partial charge is 0.393 e. The van der Waals surface area contributed by atoms with Gasteiger partial charge >= 0.3 is 6.18 Å². The third kappa shape index (κ3) is 3.57. The van der Waals surface area contributed by atoms with Crippen LogP contribution in [0.25, 0.3) is 0 Å². The molecule has 84 valence electrons. The van der Waals surface area contributed by atoms with Crippen molar-refractivity contribution in [2.75, 3.05) is 0 Å². The molecule has 1 aromatic carbocycles. The second-order valence-corrected chi connectivity index (χ2v) is 3.60. The van der Waals surface area contributed by atoms with Crippen LogP contribution in [0, 0.1) is 0 Å². The molecule has 0 nitrogen and oxygen atoms in total. The molecule has 0 fully saturated rings. The number of rotatable bonds is 3. The lowest BCUT2D eigenvalue weighted by Gasteiger charge is -2.11. The summed E-state index contributed by atoms with van der Waals surface area (Å²) in [5, 5.41) is 0. The minimum absolute atomic E-state index is 0.405. The number of alkyl halides is 3. The maximum absolute atomic E-state index is 12.2. The van der Waals surface area contributed by atoms with Gasteiger partial charge in [0.15, 0.2) is 0 Å². The third-order valence-electron chi connectivity index (χ3n) is 2.45. The Morgan fingerprint density at radius 1 is 1.00 bits per heavy atom. The van der Waals surface area contributed by atoms with E-state index in [0.29, 0.717) is 12.0 Å². The van der Waals surface area contributed by atoms with Crippen LogP contribution in [-0.2, 0) is 19.3 Å². The van der Waals surface area contributed by atoms with Crippen LogP contribution in [0.5, 0.6) is 0 Å². The first kappa shape index (κ1) is 12.1. The average molecular weight is 216 g/mol. The molecule has 0 atom stereocenters. The van der Waals surface area contributed by atoms with E-state index in [1.807, 2.05) is 19.9 Å². The van der Waals surface area contributed by atoms with Crippen molar-refractivity contribution < 1.29 is 13.2 Å². The minimum Gasteiger partial charge on any atom is -0.171 e. The van der Waals surface area contributed by atoms with E-state index in [0.717, 1.165) is 17.5 Å². The molecule has 0 aromatic heterocycles. The van der Waals surface area contributed by atoms with E-state index in [9.17, 15) is 13.2 Å². The second-order valence-electron chi connectivity index (χ2n) is 3.60. The fraction of sp³-hybridized carbons (Fsp3) is 0.500. The Bertz CT molecular complexity index is 326. The maximum atomic E-state index is 12.2. The second kappa shape index (κ2) is 4.69. The molecule has 0 aliphatic rings. The quantitative estimate of drug-likeness (QED) is 0.718. The van der Waals surface area contributed by atoms with E-state index in [1.165, 1.54) is 0 Å². The van der Waals surface area contributed by atoms with Crippen molar-refractivity contribution in [2.24, 2.45) is 0 Å². The zero-order chi connectivity index (χ0) is 11.5. The van der Waals surface area contributed by atoms with Gasteiger partial charge in [-0.3, -0.25) is 0 Å². The molecule has 0 bridgehead atoms. The van der Waals surface area contributed by atoms with Gasteiger partial charge in [-0.25, -0.2) is 0 Å². The highest BCUT2D eigenvalue weighted by molar-refractivity contribution is 5.32. The molecule has 0 radical (unpaired) electrons. The highest BCUT2D eigenvalue weighted by atomic mass is 19.4. The molecular weight excluding hydrogens is 201 g/mol. The van der Waals surface area contributed by atoms with Gasteiger partial charge in [0.2, 0.25) is 0 Å². The van der Waals surface area contributed by atoms with Crippen LogP contribution in [0.3, 0.4) is 0 Å². The standard InChI is InChI=1S/C12H15F3/c1-3-9-5-6-11(8-12(13,14)15)10(4-2)7-9/h5-7H,3-4,8H2,1-2H3. The van der Waals surface area contributed by atoms with Crippen molar-refractivity contribution in [2.45, 2.75) is 39.3 Å². The molecule has 3 heteroatoms. The molecule has 1 rings (SSSR count). The molecule has 0 N–H and O–H groups in total. The zero-order valence-corrected chi connectivity index (χ0v) is 8.99. The maximum Gasteiger partial charge on any atom is 0.393 e. The number of halogens is 3. The van der Waals surface area contributed by atoms with E-state index in [2.05, 4.69) is 0 Å². The summed E-state index contributed by atoms with van der Waals surface area (Å²) in [6, 6.07) is 5.26. The van der Waals surface area contributed by atoms with E-state index >= 15 is 0 Å². The molecule has 0 heterocycles. The molecule has 0 aliphatic carbocycles. The summed E-state index contributed by atoms with van der Waals surface area (Å²) < 4.78 is 36.7. The van der Waals surface area contributed by atoms with Gasteiger partial charge in [0.1, 0.15) is 0 Å². The summed E-state index contributed by atoms with van der Waals surface area (Å²) in [6.45, 7) is 3.88. The first-order valence-corrected chi connectivity index (χ1v) is 5.13. The van der Waals surface area contributed by atoms with E-state index in [4.69, 9.17) is 0 Å². The number of hydrogen-bond donors (Lipinski definition) is 0. The van der Waals surface area contributed by atoms with E-state index in [-0.39, 0.29) is 0 Å². The van der Waals surface area contributed by atoms with Crippen molar-refractivity contribution in [1.82, 2.24) is 0 Å². The van der Waals surface area contributed by atoms with Crippen LogP contribution in [0.1, 0.15) is 30.5 Å². The fourth-order valence-electron chi connectivity index (χ4n) is 1.62. The molecule has 15 heavy (non-hydrogen) atoms. The number of aryl methyl sites for hydroxylation is 2. The Balaban J connectivity index is 2.97. The molecular formula is C12H15F3. The topological polar surface area (TPSA) is 0 Å². The predicted octanol–water partition coefficient (Wildman–Crippen LogP) is 3.92. The Hall–Kier alpha value is -0.990. The highest BCUT2D eigenvalue weighted by Crippen LogP contribution is 2.24. The summed E-state index contributed by atoms with van der Waals surface area (Å²) in [5.74, 6) is 0. The Morgan fingerprint density at radius 3 is 2.13 bits per heavy atom.